The molecule has 0 aliphatic heterocycles. The van der Waals surface area contributed by atoms with Crippen LogP contribution in [0, 0.1) is 11.8 Å². The second-order valence-electron chi connectivity index (χ2n) is 7.44. The van der Waals surface area contributed by atoms with Crippen molar-refractivity contribution in [2.24, 2.45) is 17.6 Å². The maximum Gasteiger partial charge on any atom is 0.285 e. The zero-order chi connectivity index (χ0) is 20.4. The molecule has 0 fully saturated rings. The Labute approximate surface area is 169 Å². The van der Waals surface area contributed by atoms with Crippen LogP contribution in [0.25, 0.3) is 0 Å². The van der Waals surface area contributed by atoms with E-state index in [4.69, 9.17) is 19.9 Å². The van der Waals surface area contributed by atoms with Gasteiger partial charge in [-0.2, -0.15) is 0 Å². The van der Waals surface area contributed by atoms with Crippen molar-refractivity contribution in [1.82, 2.24) is 5.32 Å². The molecule has 0 spiro atoms. The number of nitrogens with one attached hydrogen (secondary N) is 1. The summed E-state index contributed by atoms with van der Waals surface area (Å²) in [6, 6.07) is 0. The topological polar surface area (TPSA) is 65.7 Å². The van der Waals surface area contributed by atoms with Gasteiger partial charge in [0, 0.05) is 38.8 Å². The molecule has 0 aromatic rings. The number of hydrogen-bond acceptors (Lipinski definition) is 5. The molecule has 0 rings (SSSR count). The van der Waals surface area contributed by atoms with E-state index in [9.17, 15) is 0 Å². The zero-order valence-corrected chi connectivity index (χ0v) is 18.9. The van der Waals surface area contributed by atoms with Crippen LogP contribution in [0.1, 0.15) is 86.0 Å². The van der Waals surface area contributed by atoms with Gasteiger partial charge in [0.1, 0.15) is 0 Å². The van der Waals surface area contributed by atoms with Crippen LogP contribution in [-0.2, 0) is 14.2 Å². The largest absolute Gasteiger partial charge is 0.329 e. The number of nitrogens with two attached hydrogens (primary N) is 1. The van der Waals surface area contributed by atoms with Crippen LogP contribution in [0.3, 0.4) is 0 Å². The molecule has 0 aliphatic rings. The molecule has 0 heterocycles. The highest BCUT2D eigenvalue weighted by atomic mass is 16.9. The average Bonchev–Trinajstić information content (AvgIpc) is 2.65. The van der Waals surface area contributed by atoms with E-state index in [1.54, 1.807) is 0 Å². The van der Waals surface area contributed by atoms with Crippen molar-refractivity contribution >= 4 is 0 Å². The molecule has 0 aromatic carbocycles. The molecule has 0 bridgehead atoms. The van der Waals surface area contributed by atoms with Gasteiger partial charge in [-0.15, -0.1) is 0 Å². The van der Waals surface area contributed by atoms with Crippen molar-refractivity contribution in [3.05, 3.63) is 0 Å². The van der Waals surface area contributed by atoms with Crippen LogP contribution < -0.4 is 11.1 Å². The highest BCUT2D eigenvalue weighted by Crippen LogP contribution is 2.34. The highest BCUT2D eigenvalue weighted by molar-refractivity contribution is 4.73. The van der Waals surface area contributed by atoms with Gasteiger partial charge in [0.05, 0.1) is 0 Å². The number of unbranched alkanes of at least 4 members (excludes halogenated alkanes) is 3. The first-order chi connectivity index (χ1) is 13.1. The predicted molar refractivity (Wildman–Crippen MR) is 115 cm³/mol. The van der Waals surface area contributed by atoms with E-state index in [1.165, 1.54) is 44.9 Å². The summed E-state index contributed by atoms with van der Waals surface area (Å²) in [5, 5.41) is 3.41. The lowest BCUT2D eigenvalue weighted by atomic mass is 9.86. The molecule has 5 heteroatoms. The molecule has 27 heavy (non-hydrogen) atoms. The van der Waals surface area contributed by atoms with Gasteiger partial charge in [-0.3, -0.25) is 0 Å². The predicted octanol–water partition coefficient (Wildman–Crippen LogP) is 4.69. The van der Waals surface area contributed by atoms with Gasteiger partial charge in [-0.25, -0.2) is 0 Å². The second-order valence-corrected chi connectivity index (χ2v) is 7.44. The fraction of sp³-hybridized carbons (Fsp3) is 1.00. The summed E-state index contributed by atoms with van der Waals surface area (Å²) in [5.41, 5.74) is 5.56. The minimum atomic E-state index is -0.905. The minimum absolute atomic E-state index is 0.200. The Balaban J connectivity index is 4.81. The summed E-state index contributed by atoms with van der Waals surface area (Å²) in [5.74, 6) is -0.0274. The van der Waals surface area contributed by atoms with Gasteiger partial charge in [0.15, 0.2) is 0 Å². The van der Waals surface area contributed by atoms with E-state index >= 15 is 0 Å². The van der Waals surface area contributed by atoms with Crippen LogP contribution in [0.4, 0.5) is 0 Å². The molecular formula is C22H48N2O3. The lowest BCUT2D eigenvalue weighted by molar-refractivity contribution is -0.401. The molecule has 0 saturated carbocycles. The van der Waals surface area contributed by atoms with Gasteiger partial charge in [0.25, 0.3) is 5.97 Å². The van der Waals surface area contributed by atoms with Crippen LogP contribution >= 0.6 is 0 Å². The summed E-state index contributed by atoms with van der Waals surface area (Å²) in [7, 11) is 0. The van der Waals surface area contributed by atoms with E-state index < -0.39 is 5.97 Å². The molecule has 164 valence electrons. The van der Waals surface area contributed by atoms with Gasteiger partial charge < -0.3 is 25.3 Å². The Bertz CT molecular complexity index is 299. The molecule has 0 radical (unpaired) electrons. The Hall–Kier alpha value is -0.200. The Kier molecular flexibility index (Phi) is 17.7. The van der Waals surface area contributed by atoms with E-state index in [1.807, 2.05) is 20.8 Å². The molecule has 2 unspecified atom stereocenters. The van der Waals surface area contributed by atoms with Crippen molar-refractivity contribution < 1.29 is 14.2 Å². The third kappa shape index (κ3) is 12.1. The van der Waals surface area contributed by atoms with Gasteiger partial charge in [0.2, 0.25) is 0 Å². The monoisotopic (exact) mass is 388 g/mol. The van der Waals surface area contributed by atoms with Crippen molar-refractivity contribution in [3.8, 4) is 0 Å². The quantitative estimate of drug-likeness (QED) is 0.234. The summed E-state index contributed by atoms with van der Waals surface area (Å²) in [6.45, 7) is 14.9. The van der Waals surface area contributed by atoms with Crippen molar-refractivity contribution in [3.63, 3.8) is 0 Å². The SMILES string of the molecule is CCCCCCC(CCCNCCN)CC(C)C(OCC)(OCC)OCC. The van der Waals surface area contributed by atoms with Crippen LogP contribution in [0.2, 0.25) is 0 Å². The molecule has 5 nitrogen and oxygen atoms in total. The van der Waals surface area contributed by atoms with Crippen molar-refractivity contribution in [1.29, 1.82) is 0 Å². The number of ether oxygens (including phenoxy) is 3. The third-order valence-electron chi connectivity index (χ3n) is 5.08. The lowest BCUT2D eigenvalue weighted by Crippen LogP contribution is -2.46. The standard InChI is InChI=1S/C22H48N2O3/c1-6-10-11-12-14-21(15-13-17-24-18-16-23)19-20(5)22(25-7-2,26-8-3)27-9-4/h20-21,24H,6-19,23H2,1-5H3. The summed E-state index contributed by atoms with van der Waals surface area (Å²) < 4.78 is 18.0. The van der Waals surface area contributed by atoms with E-state index in [0.29, 0.717) is 32.3 Å². The van der Waals surface area contributed by atoms with E-state index in [0.717, 1.165) is 19.5 Å². The average molecular weight is 389 g/mol. The van der Waals surface area contributed by atoms with Crippen molar-refractivity contribution in [2.45, 2.75) is 92.0 Å². The first-order valence-corrected chi connectivity index (χ1v) is 11.4. The molecule has 2 atom stereocenters. The fourth-order valence-corrected chi connectivity index (χ4v) is 3.78. The van der Waals surface area contributed by atoms with Crippen molar-refractivity contribution in [2.75, 3.05) is 39.5 Å². The zero-order valence-electron chi connectivity index (χ0n) is 18.9. The molecular weight excluding hydrogens is 340 g/mol. The second kappa shape index (κ2) is 17.9. The third-order valence-corrected chi connectivity index (χ3v) is 5.08. The van der Waals surface area contributed by atoms with Crippen LogP contribution in [0.15, 0.2) is 0 Å². The smallest absolute Gasteiger partial charge is 0.285 e. The maximum absolute atomic E-state index is 6.00. The summed E-state index contributed by atoms with van der Waals surface area (Å²) >= 11 is 0. The van der Waals surface area contributed by atoms with E-state index in [2.05, 4.69) is 19.2 Å². The Morgan fingerprint density at radius 1 is 0.815 bits per heavy atom. The van der Waals surface area contributed by atoms with E-state index in [-0.39, 0.29) is 5.92 Å². The maximum atomic E-state index is 6.00. The molecule has 0 aliphatic carbocycles. The Morgan fingerprint density at radius 2 is 1.41 bits per heavy atom. The summed E-state index contributed by atoms with van der Waals surface area (Å²) in [4.78, 5) is 0. The summed E-state index contributed by atoms with van der Waals surface area (Å²) in [6.07, 6.45) is 10.0. The molecule has 0 saturated heterocycles. The number of hydrogen-bond donors (Lipinski definition) is 2. The first kappa shape index (κ1) is 26.8. The van der Waals surface area contributed by atoms with Gasteiger partial charge >= 0.3 is 0 Å². The lowest BCUT2D eigenvalue weighted by Gasteiger charge is -2.38. The van der Waals surface area contributed by atoms with Gasteiger partial charge in [-0.05, 0) is 52.5 Å². The highest BCUT2D eigenvalue weighted by Gasteiger charge is 2.40. The molecule has 0 amide bonds. The molecule has 3 N–H and O–H groups in total. The van der Waals surface area contributed by atoms with Gasteiger partial charge in [-0.1, -0.05) is 46.0 Å². The van der Waals surface area contributed by atoms with Crippen LogP contribution in [0.5, 0.6) is 0 Å². The minimum Gasteiger partial charge on any atom is -0.329 e. The van der Waals surface area contributed by atoms with Crippen LogP contribution in [-0.4, -0.2) is 45.4 Å². The normalized spacial score (nSPS) is 14.4. The number of rotatable bonds is 20. The molecule has 0 aromatic heterocycles. The fourth-order valence-electron chi connectivity index (χ4n) is 3.78. The first-order valence-electron chi connectivity index (χ1n) is 11.4. The Morgan fingerprint density at radius 3 is 1.93 bits per heavy atom.